The van der Waals surface area contributed by atoms with Gasteiger partial charge in [0.25, 0.3) is 0 Å². The van der Waals surface area contributed by atoms with E-state index in [2.05, 4.69) is 0 Å². The molecule has 0 fully saturated rings. The second-order valence-corrected chi connectivity index (χ2v) is 5.22. The first kappa shape index (κ1) is 15.6. The van der Waals surface area contributed by atoms with Gasteiger partial charge in [-0.2, -0.15) is 0 Å². The summed E-state index contributed by atoms with van der Waals surface area (Å²) >= 11 is 0. The van der Waals surface area contributed by atoms with Crippen LogP contribution in [0, 0.1) is 0 Å². The van der Waals surface area contributed by atoms with E-state index in [4.69, 9.17) is 4.74 Å². The van der Waals surface area contributed by atoms with Crippen LogP contribution in [-0.2, 0) is 4.79 Å². The molecule has 0 aromatic heterocycles. The lowest BCUT2D eigenvalue weighted by Crippen LogP contribution is -1.99. The summed E-state index contributed by atoms with van der Waals surface area (Å²) in [6.45, 7) is 0. The van der Waals surface area contributed by atoms with Crippen LogP contribution in [0.5, 0.6) is 11.5 Å². The summed E-state index contributed by atoms with van der Waals surface area (Å²) in [5.41, 5.74) is 1.68. The molecule has 3 nitrogen and oxygen atoms in total. The monoisotopic (exact) mass is 316 g/mol. The number of carboxylic acids is 1. The van der Waals surface area contributed by atoms with E-state index in [9.17, 15) is 9.90 Å². The SMILES string of the molecule is O=C(O)C(=Cc1cccc(Oc2ccccc2)c1)c1ccccc1. The van der Waals surface area contributed by atoms with E-state index in [1.165, 1.54) is 0 Å². The topological polar surface area (TPSA) is 46.5 Å². The molecule has 3 rings (SSSR count). The highest BCUT2D eigenvalue weighted by atomic mass is 16.5. The molecular formula is C21H16O3. The molecule has 0 bridgehead atoms. The molecule has 0 aliphatic rings. The fourth-order valence-electron chi connectivity index (χ4n) is 2.35. The normalized spacial score (nSPS) is 11.1. The Morgan fingerprint density at radius 3 is 2.08 bits per heavy atom. The van der Waals surface area contributed by atoms with Gasteiger partial charge in [0.2, 0.25) is 0 Å². The maximum atomic E-state index is 11.6. The first-order valence-corrected chi connectivity index (χ1v) is 7.56. The lowest BCUT2D eigenvalue weighted by Gasteiger charge is -2.07. The first-order chi connectivity index (χ1) is 11.7. The largest absolute Gasteiger partial charge is 0.478 e. The Labute approximate surface area is 140 Å². The van der Waals surface area contributed by atoms with E-state index in [0.29, 0.717) is 11.3 Å². The standard InChI is InChI=1S/C21H16O3/c22-21(23)20(17-9-3-1-4-10-17)15-16-8-7-13-19(14-16)24-18-11-5-2-6-12-18/h1-15H,(H,22,23). The number of rotatable bonds is 5. The van der Waals surface area contributed by atoms with Crippen LogP contribution in [0.25, 0.3) is 11.6 Å². The van der Waals surface area contributed by atoms with Crippen LogP contribution in [0.1, 0.15) is 11.1 Å². The zero-order valence-corrected chi connectivity index (χ0v) is 12.9. The van der Waals surface area contributed by atoms with Crippen molar-refractivity contribution in [3.05, 3.63) is 96.1 Å². The fraction of sp³-hybridized carbons (Fsp3) is 0. The number of para-hydroxylation sites is 1. The van der Waals surface area contributed by atoms with Gasteiger partial charge in [-0.15, -0.1) is 0 Å². The maximum Gasteiger partial charge on any atom is 0.336 e. The lowest BCUT2D eigenvalue weighted by atomic mass is 10.0. The molecule has 118 valence electrons. The van der Waals surface area contributed by atoms with E-state index in [0.717, 1.165) is 11.3 Å². The molecule has 0 spiro atoms. The molecule has 0 aliphatic heterocycles. The second kappa shape index (κ2) is 7.29. The lowest BCUT2D eigenvalue weighted by molar-refractivity contribution is -0.130. The summed E-state index contributed by atoms with van der Waals surface area (Å²) in [7, 11) is 0. The number of benzene rings is 3. The van der Waals surface area contributed by atoms with E-state index < -0.39 is 5.97 Å². The molecule has 0 radical (unpaired) electrons. The molecule has 0 unspecified atom stereocenters. The van der Waals surface area contributed by atoms with Gasteiger partial charge in [-0.1, -0.05) is 60.7 Å². The van der Waals surface area contributed by atoms with E-state index in [1.54, 1.807) is 18.2 Å². The molecule has 0 amide bonds. The van der Waals surface area contributed by atoms with Crippen LogP contribution in [0.15, 0.2) is 84.9 Å². The highest BCUT2D eigenvalue weighted by Crippen LogP contribution is 2.24. The molecule has 0 saturated heterocycles. The van der Waals surface area contributed by atoms with Crippen LogP contribution in [0.2, 0.25) is 0 Å². The molecule has 0 heterocycles. The summed E-state index contributed by atoms with van der Waals surface area (Å²) in [5, 5.41) is 9.49. The smallest absolute Gasteiger partial charge is 0.336 e. The van der Waals surface area contributed by atoms with E-state index in [1.807, 2.05) is 72.8 Å². The number of ether oxygens (including phenoxy) is 1. The molecule has 0 aliphatic carbocycles. The predicted molar refractivity (Wildman–Crippen MR) is 94.9 cm³/mol. The van der Waals surface area contributed by atoms with Gasteiger partial charge in [-0.25, -0.2) is 4.79 Å². The summed E-state index contributed by atoms with van der Waals surface area (Å²) in [4.78, 5) is 11.6. The van der Waals surface area contributed by atoms with Crippen molar-refractivity contribution in [1.29, 1.82) is 0 Å². The van der Waals surface area contributed by atoms with Crippen molar-refractivity contribution in [2.75, 3.05) is 0 Å². The van der Waals surface area contributed by atoms with E-state index in [-0.39, 0.29) is 5.57 Å². The number of carboxylic acid groups (broad SMARTS) is 1. The minimum absolute atomic E-state index is 0.243. The summed E-state index contributed by atoms with van der Waals surface area (Å²) in [5.74, 6) is 0.434. The van der Waals surface area contributed by atoms with Gasteiger partial charge in [-0.3, -0.25) is 0 Å². The minimum atomic E-state index is -0.962. The van der Waals surface area contributed by atoms with Crippen molar-refractivity contribution in [3.63, 3.8) is 0 Å². The molecule has 0 saturated carbocycles. The van der Waals surface area contributed by atoms with Crippen molar-refractivity contribution in [2.45, 2.75) is 0 Å². The van der Waals surface area contributed by atoms with Crippen LogP contribution in [0.4, 0.5) is 0 Å². The Morgan fingerprint density at radius 1 is 0.792 bits per heavy atom. The molecular weight excluding hydrogens is 300 g/mol. The number of hydrogen-bond donors (Lipinski definition) is 1. The van der Waals surface area contributed by atoms with Crippen LogP contribution >= 0.6 is 0 Å². The third-order valence-corrected chi connectivity index (χ3v) is 3.46. The predicted octanol–water partition coefficient (Wildman–Crippen LogP) is 5.10. The van der Waals surface area contributed by atoms with Crippen LogP contribution < -0.4 is 4.74 Å². The molecule has 1 N–H and O–H groups in total. The fourth-order valence-corrected chi connectivity index (χ4v) is 2.35. The maximum absolute atomic E-state index is 11.6. The molecule has 0 atom stereocenters. The highest BCUT2D eigenvalue weighted by Gasteiger charge is 2.10. The van der Waals surface area contributed by atoms with Crippen molar-refractivity contribution >= 4 is 17.6 Å². The summed E-state index contributed by atoms with van der Waals surface area (Å²) < 4.78 is 5.79. The van der Waals surface area contributed by atoms with Gasteiger partial charge in [0.05, 0.1) is 5.57 Å². The van der Waals surface area contributed by atoms with Crippen LogP contribution in [0.3, 0.4) is 0 Å². The zero-order valence-electron chi connectivity index (χ0n) is 12.9. The van der Waals surface area contributed by atoms with Gasteiger partial charge < -0.3 is 9.84 Å². The van der Waals surface area contributed by atoms with Gasteiger partial charge in [0, 0.05) is 0 Å². The van der Waals surface area contributed by atoms with Crippen molar-refractivity contribution in [3.8, 4) is 11.5 Å². The average molecular weight is 316 g/mol. The first-order valence-electron chi connectivity index (χ1n) is 7.56. The second-order valence-electron chi connectivity index (χ2n) is 5.22. The number of carbonyl (C=O) groups is 1. The van der Waals surface area contributed by atoms with Crippen LogP contribution in [-0.4, -0.2) is 11.1 Å². The van der Waals surface area contributed by atoms with Gasteiger partial charge in [0.1, 0.15) is 11.5 Å². The summed E-state index contributed by atoms with van der Waals surface area (Å²) in [6.07, 6.45) is 1.65. The van der Waals surface area contributed by atoms with Crippen molar-refractivity contribution < 1.29 is 14.6 Å². The number of hydrogen-bond acceptors (Lipinski definition) is 2. The van der Waals surface area contributed by atoms with Gasteiger partial charge >= 0.3 is 5.97 Å². The zero-order chi connectivity index (χ0) is 16.8. The third-order valence-electron chi connectivity index (χ3n) is 3.46. The Kier molecular flexibility index (Phi) is 4.73. The Hall–Kier alpha value is -3.33. The molecule has 3 aromatic rings. The average Bonchev–Trinajstić information content (AvgIpc) is 2.61. The van der Waals surface area contributed by atoms with Crippen molar-refractivity contribution in [2.24, 2.45) is 0 Å². The number of aliphatic carboxylic acids is 1. The minimum Gasteiger partial charge on any atom is -0.478 e. The van der Waals surface area contributed by atoms with Gasteiger partial charge in [-0.05, 0) is 41.5 Å². The molecule has 24 heavy (non-hydrogen) atoms. The third kappa shape index (κ3) is 3.90. The highest BCUT2D eigenvalue weighted by molar-refractivity contribution is 6.20. The summed E-state index contributed by atoms with van der Waals surface area (Å²) in [6, 6.07) is 25.9. The van der Waals surface area contributed by atoms with Gasteiger partial charge in [0.15, 0.2) is 0 Å². The Balaban J connectivity index is 1.91. The Bertz CT molecular complexity index is 853. The molecule has 3 heteroatoms. The van der Waals surface area contributed by atoms with E-state index >= 15 is 0 Å². The quantitative estimate of drug-likeness (QED) is 0.526. The Morgan fingerprint density at radius 2 is 1.42 bits per heavy atom. The van der Waals surface area contributed by atoms with Crippen molar-refractivity contribution in [1.82, 2.24) is 0 Å². The molecule has 3 aromatic carbocycles.